The summed E-state index contributed by atoms with van der Waals surface area (Å²) in [5, 5.41) is 2.73. The average Bonchev–Trinajstić information content (AvgIpc) is 2.18. The SMILES string of the molecule is COc1c(N)ccc2cc(Cl)ccc12. The van der Waals surface area contributed by atoms with Crippen molar-refractivity contribution in [1.29, 1.82) is 0 Å². The van der Waals surface area contributed by atoms with Crippen LogP contribution in [-0.4, -0.2) is 7.11 Å². The van der Waals surface area contributed by atoms with Crippen molar-refractivity contribution < 1.29 is 4.74 Å². The Balaban J connectivity index is 2.82. The fourth-order valence-electron chi connectivity index (χ4n) is 1.52. The van der Waals surface area contributed by atoms with Crippen molar-refractivity contribution in [2.75, 3.05) is 12.8 Å². The van der Waals surface area contributed by atoms with Crippen molar-refractivity contribution in [2.24, 2.45) is 0 Å². The normalized spacial score (nSPS) is 10.4. The van der Waals surface area contributed by atoms with Crippen LogP contribution in [0.5, 0.6) is 5.75 Å². The number of halogens is 1. The quantitative estimate of drug-likeness (QED) is 0.730. The number of anilines is 1. The van der Waals surface area contributed by atoms with Gasteiger partial charge in [-0.3, -0.25) is 0 Å². The van der Waals surface area contributed by atoms with Crippen molar-refractivity contribution in [3.05, 3.63) is 35.4 Å². The molecule has 0 amide bonds. The lowest BCUT2D eigenvalue weighted by Crippen LogP contribution is -1.92. The molecule has 2 aromatic carbocycles. The van der Waals surface area contributed by atoms with Crippen LogP contribution in [0.1, 0.15) is 0 Å². The van der Waals surface area contributed by atoms with Crippen LogP contribution in [0.3, 0.4) is 0 Å². The van der Waals surface area contributed by atoms with Crippen LogP contribution < -0.4 is 10.5 Å². The van der Waals surface area contributed by atoms with Gasteiger partial charge in [-0.2, -0.15) is 0 Å². The van der Waals surface area contributed by atoms with Gasteiger partial charge in [0.05, 0.1) is 12.8 Å². The highest BCUT2D eigenvalue weighted by molar-refractivity contribution is 6.31. The highest BCUT2D eigenvalue weighted by atomic mass is 35.5. The molecule has 3 heteroatoms. The van der Waals surface area contributed by atoms with Gasteiger partial charge in [0, 0.05) is 10.4 Å². The minimum Gasteiger partial charge on any atom is -0.494 e. The number of hydrogen-bond donors (Lipinski definition) is 1. The molecule has 0 bridgehead atoms. The smallest absolute Gasteiger partial charge is 0.149 e. The summed E-state index contributed by atoms with van der Waals surface area (Å²) in [5.74, 6) is 0.708. The van der Waals surface area contributed by atoms with Gasteiger partial charge >= 0.3 is 0 Å². The Bertz CT molecular complexity index is 482. The van der Waals surface area contributed by atoms with E-state index in [2.05, 4.69) is 0 Å². The lowest BCUT2D eigenvalue weighted by Gasteiger charge is -2.08. The predicted octanol–water partition coefficient (Wildman–Crippen LogP) is 3.08. The minimum absolute atomic E-state index is 0.641. The lowest BCUT2D eigenvalue weighted by atomic mass is 10.1. The first-order valence-electron chi connectivity index (χ1n) is 4.24. The molecule has 0 aliphatic heterocycles. The van der Waals surface area contributed by atoms with Gasteiger partial charge in [-0.05, 0) is 29.7 Å². The Morgan fingerprint density at radius 2 is 2.00 bits per heavy atom. The lowest BCUT2D eigenvalue weighted by molar-refractivity contribution is 0.422. The first kappa shape index (κ1) is 9.16. The van der Waals surface area contributed by atoms with Crippen molar-refractivity contribution in [1.82, 2.24) is 0 Å². The van der Waals surface area contributed by atoms with E-state index < -0.39 is 0 Å². The molecule has 0 saturated heterocycles. The number of benzene rings is 2. The van der Waals surface area contributed by atoms with Crippen LogP contribution in [0, 0.1) is 0 Å². The maximum Gasteiger partial charge on any atom is 0.149 e. The van der Waals surface area contributed by atoms with E-state index in [0.717, 1.165) is 10.8 Å². The van der Waals surface area contributed by atoms with Crippen molar-refractivity contribution in [3.8, 4) is 5.75 Å². The summed E-state index contributed by atoms with van der Waals surface area (Å²) in [6, 6.07) is 9.37. The van der Waals surface area contributed by atoms with E-state index >= 15 is 0 Å². The summed E-state index contributed by atoms with van der Waals surface area (Å²) in [5.41, 5.74) is 6.42. The zero-order chi connectivity index (χ0) is 10.1. The number of ether oxygens (including phenoxy) is 1. The highest BCUT2D eigenvalue weighted by Crippen LogP contribution is 2.32. The molecule has 0 heterocycles. The van der Waals surface area contributed by atoms with Gasteiger partial charge in [0.2, 0.25) is 0 Å². The van der Waals surface area contributed by atoms with Crippen molar-refractivity contribution in [3.63, 3.8) is 0 Å². The fraction of sp³-hybridized carbons (Fsp3) is 0.0909. The molecule has 0 aliphatic carbocycles. The Morgan fingerprint density at radius 1 is 1.21 bits per heavy atom. The topological polar surface area (TPSA) is 35.2 Å². The van der Waals surface area contributed by atoms with E-state index in [1.54, 1.807) is 7.11 Å². The fourth-order valence-corrected chi connectivity index (χ4v) is 1.70. The molecule has 14 heavy (non-hydrogen) atoms. The van der Waals surface area contributed by atoms with E-state index in [-0.39, 0.29) is 0 Å². The number of nitrogens with two attached hydrogens (primary N) is 1. The van der Waals surface area contributed by atoms with Gasteiger partial charge in [-0.15, -0.1) is 0 Å². The second-order valence-corrected chi connectivity index (χ2v) is 3.49. The molecule has 72 valence electrons. The summed E-state index contributed by atoms with van der Waals surface area (Å²) in [6.45, 7) is 0. The molecule has 0 atom stereocenters. The molecule has 2 aromatic rings. The van der Waals surface area contributed by atoms with Crippen molar-refractivity contribution in [2.45, 2.75) is 0 Å². The maximum absolute atomic E-state index is 5.88. The molecule has 0 aromatic heterocycles. The van der Waals surface area contributed by atoms with Gasteiger partial charge in [0.1, 0.15) is 5.75 Å². The number of nitrogen functional groups attached to an aromatic ring is 1. The van der Waals surface area contributed by atoms with Gasteiger partial charge in [0.15, 0.2) is 0 Å². The number of rotatable bonds is 1. The van der Waals surface area contributed by atoms with Gasteiger partial charge < -0.3 is 10.5 Å². The molecular weight excluding hydrogens is 198 g/mol. The van der Waals surface area contributed by atoms with Crippen LogP contribution in [0.2, 0.25) is 5.02 Å². The second kappa shape index (κ2) is 3.39. The molecule has 0 saturated carbocycles. The van der Waals surface area contributed by atoms with E-state index in [0.29, 0.717) is 16.5 Å². The zero-order valence-electron chi connectivity index (χ0n) is 7.75. The largest absolute Gasteiger partial charge is 0.494 e. The molecular formula is C11H10ClNO. The molecule has 2 N–H and O–H groups in total. The maximum atomic E-state index is 5.88. The van der Waals surface area contributed by atoms with E-state index in [1.807, 2.05) is 30.3 Å². The zero-order valence-corrected chi connectivity index (χ0v) is 8.51. The molecule has 2 rings (SSSR count). The van der Waals surface area contributed by atoms with Crippen molar-refractivity contribution >= 4 is 28.1 Å². The molecule has 0 fully saturated rings. The van der Waals surface area contributed by atoms with Gasteiger partial charge in [0.25, 0.3) is 0 Å². The summed E-state index contributed by atoms with van der Waals surface area (Å²) in [7, 11) is 1.61. The molecule has 0 spiro atoms. The Labute approximate surface area is 87.2 Å². The summed E-state index contributed by atoms with van der Waals surface area (Å²) < 4.78 is 5.23. The summed E-state index contributed by atoms with van der Waals surface area (Å²) >= 11 is 5.88. The standard InChI is InChI=1S/C11H10ClNO/c1-14-11-9-4-3-8(12)6-7(9)2-5-10(11)13/h2-6H,13H2,1H3. The van der Waals surface area contributed by atoms with Gasteiger partial charge in [-0.25, -0.2) is 0 Å². The summed E-state index contributed by atoms with van der Waals surface area (Å²) in [4.78, 5) is 0. The summed E-state index contributed by atoms with van der Waals surface area (Å²) in [6.07, 6.45) is 0. The molecule has 0 radical (unpaired) electrons. The predicted molar refractivity (Wildman–Crippen MR) is 59.9 cm³/mol. The first-order chi connectivity index (χ1) is 6.72. The van der Waals surface area contributed by atoms with Gasteiger partial charge in [-0.1, -0.05) is 17.7 Å². The van der Waals surface area contributed by atoms with Crippen LogP contribution >= 0.6 is 11.6 Å². The Hall–Kier alpha value is -1.41. The molecule has 2 nitrogen and oxygen atoms in total. The monoisotopic (exact) mass is 207 g/mol. The van der Waals surface area contributed by atoms with E-state index in [9.17, 15) is 0 Å². The van der Waals surface area contributed by atoms with Crippen LogP contribution in [0.4, 0.5) is 5.69 Å². The second-order valence-electron chi connectivity index (χ2n) is 3.05. The molecule has 0 unspecified atom stereocenters. The number of hydrogen-bond acceptors (Lipinski definition) is 2. The first-order valence-corrected chi connectivity index (χ1v) is 4.62. The van der Waals surface area contributed by atoms with Crippen LogP contribution in [-0.2, 0) is 0 Å². The molecule has 0 aliphatic rings. The van der Waals surface area contributed by atoms with Crippen LogP contribution in [0.15, 0.2) is 30.3 Å². The number of fused-ring (bicyclic) bond motifs is 1. The Kier molecular flexibility index (Phi) is 2.22. The third-order valence-corrected chi connectivity index (χ3v) is 2.40. The third kappa shape index (κ3) is 1.38. The average molecular weight is 208 g/mol. The third-order valence-electron chi connectivity index (χ3n) is 2.17. The Morgan fingerprint density at radius 3 is 2.71 bits per heavy atom. The number of methoxy groups -OCH3 is 1. The van der Waals surface area contributed by atoms with E-state index in [4.69, 9.17) is 22.1 Å². The highest BCUT2D eigenvalue weighted by Gasteiger charge is 2.05. The van der Waals surface area contributed by atoms with E-state index in [1.165, 1.54) is 0 Å². The van der Waals surface area contributed by atoms with Crippen LogP contribution in [0.25, 0.3) is 10.8 Å². The minimum atomic E-state index is 0.641.